The molecule has 1 atom stereocenters. The van der Waals surface area contributed by atoms with Crippen molar-refractivity contribution >= 4 is 0 Å². The number of methoxy groups -OCH3 is 1. The minimum Gasteiger partial charge on any atom is -0.377 e. The van der Waals surface area contributed by atoms with Crippen molar-refractivity contribution in [2.45, 2.75) is 25.4 Å². The molecule has 1 radical (unpaired) electrons. The van der Waals surface area contributed by atoms with Gasteiger partial charge in [-0.25, -0.2) is 0 Å². The number of rotatable bonds is 7. The Morgan fingerprint density at radius 1 is 0.760 bits per heavy atom. The van der Waals surface area contributed by atoms with Crippen LogP contribution in [-0.2, 0) is 17.6 Å². The van der Waals surface area contributed by atoms with Crippen LogP contribution in [0.4, 0.5) is 0 Å². The lowest BCUT2D eigenvalue weighted by Gasteiger charge is -2.15. The zero-order chi connectivity index (χ0) is 17.5. The number of benzene rings is 3. The first-order valence-corrected chi connectivity index (χ1v) is 8.85. The van der Waals surface area contributed by atoms with Gasteiger partial charge in [0.05, 0.1) is 6.10 Å². The first kappa shape index (κ1) is 17.4. The van der Waals surface area contributed by atoms with Gasteiger partial charge in [0, 0.05) is 7.11 Å². The van der Waals surface area contributed by atoms with Gasteiger partial charge in [0.1, 0.15) is 0 Å². The molecule has 0 aliphatic carbocycles. The summed E-state index contributed by atoms with van der Waals surface area (Å²) in [6.07, 6.45) is 2.98. The van der Waals surface area contributed by atoms with E-state index in [0.29, 0.717) is 0 Å². The second-order valence-electron chi connectivity index (χ2n) is 6.32. The van der Waals surface area contributed by atoms with Gasteiger partial charge in [-0.2, -0.15) is 0 Å². The van der Waals surface area contributed by atoms with Crippen molar-refractivity contribution in [2.24, 2.45) is 0 Å². The van der Waals surface area contributed by atoms with Gasteiger partial charge in [0.25, 0.3) is 0 Å². The highest BCUT2D eigenvalue weighted by molar-refractivity contribution is 5.64. The molecule has 0 saturated heterocycles. The van der Waals surface area contributed by atoms with E-state index in [1.54, 1.807) is 7.11 Å². The van der Waals surface area contributed by atoms with Crippen LogP contribution in [0.5, 0.6) is 0 Å². The van der Waals surface area contributed by atoms with E-state index < -0.39 is 0 Å². The lowest BCUT2D eigenvalue weighted by Crippen LogP contribution is -2.03. The number of ether oxygens (including phenoxy) is 1. The first-order chi connectivity index (χ1) is 12.3. The van der Waals surface area contributed by atoms with Gasteiger partial charge in [-0.15, -0.1) is 0 Å². The van der Waals surface area contributed by atoms with Gasteiger partial charge in [0.2, 0.25) is 0 Å². The molecule has 3 rings (SSSR count). The zero-order valence-electron chi connectivity index (χ0n) is 14.8. The Morgan fingerprint density at radius 3 is 1.84 bits per heavy atom. The number of aryl methyl sites for hydroxylation is 1. The molecule has 0 aromatic heterocycles. The van der Waals surface area contributed by atoms with Crippen molar-refractivity contribution in [2.75, 3.05) is 7.11 Å². The third kappa shape index (κ3) is 4.58. The van der Waals surface area contributed by atoms with E-state index in [2.05, 4.69) is 79.7 Å². The van der Waals surface area contributed by atoms with Crippen molar-refractivity contribution in [1.82, 2.24) is 0 Å². The molecule has 1 unspecified atom stereocenters. The van der Waals surface area contributed by atoms with Gasteiger partial charge in [-0.3, -0.25) is 0 Å². The standard InChI is InChI=1S/C24H25O/c1-3-19-9-14-21(15-10-19)22-16-11-20(12-17-22)13-18-24(25-2)23-7-5-4-6-8-23/h4-12,14-17,24H,1,3,13,18H2,2H3. The monoisotopic (exact) mass is 329 g/mol. The van der Waals surface area contributed by atoms with Crippen molar-refractivity contribution in [3.05, 3.63) is 102 Å². The Kier molecular flexibility index (Phi) is 6.03. The molecule has 0 bridgehead atoms. The van der Waals surface area contributed by atoms with Crippen LogP contribution in [0.2, 0.25) is 0 Å². The Hall–Kier alpha value is -2.38. The molecule has 0 aliphatic heterocycles. The van der Waals surface area contributed by atoms with E-state index in [1.807, 2.05) is 6.07 Å². The highest BCUT2D eigenvalue weighted by Gasteiger charge is 2.10. The smallest absolute Gasteiger partial charge is 0.0824 e. The van der Waals surface area contributed by atoms with E-state index in [4.69, 9.17) is 4.74 Å². The summed E-state index contributed by atoms with van der Waals surface area (Å²) in [6, 6.07) is 27.9. The molecule has 0 heterocycles. The molecular formula is C24H25O. The molecular weight excluding hydrogens is 304 g/mol. The Labute approximate surface area is 151 Å². The van der Waals surface area contributed by atoms with Crippen molar-refractivity contribution in [3.63, 3.8) is 0 Å². The SMILES string of the molecule is [CH2]Cc1ccc(-c2ccc(CCC(OC)c3ccccc3)cc2)cc1. The van der Waals surface area contributed by atoms with Crippen molar-refractivity contribution < 1.29 is 4.74 Å². The fourth-order valence-corrected chi connectivity index (χ4v) is 3.11. The predicted octanol–water partition coefficient (Wildman–Crippen LogP) is 6.05. The van der Waals surface area contributed by atoms with Gasteiger partial charge in [-0.05, 0) is 54.0 Å². The topological polar surface area (TPSA) is 9.23 Å². The van der Waals surface area contributed by atoms with Crippen LogP contribution in [0.15, 0.2) is 78.9 Å². The van der Waals surface area contributed by atoms with Gasteiger partial charge >= 0.3 is 0 Å². The molecule has 1 nitrogen and oxygen atoms in total. The maximum Gasteiger partial charge on any atom is 0.0824 e. The van der Waals surface area contributed by atoms with Gasteiger partial charge in [-0.1, -0.05) is 78.9 Å². The van der Waals surface area contributed by atoms with Crippen molar-refractivity contribution in [1.29, 1.82) is 0 Å². The minimum absolute atomic E-state index is 0.149. The molecule has 0 saturated carbocycles. The van der Waals surface area contributed by atoms with Crippen LogP contribution in [0, 0.1) is 6.92 Å². The van der Waals surface area contributed by atoms with Crippen LogP contribution in [0.3, 0.4) is 0 Å². The molecule has 3 aromatic carbocycles. The lowest BCUT2D eigenvalue weighted by molar-refractivity contribution is 0.0959. The quantitative estimate of drug-likeness (QED) is 0.512. The van der Waals surface area contributed by atoms with Crippen molar-refractivity contribution in [3.8, 4) is 11.1 Å². The van der Waals surface area contributed by atoms with E-state index in [9.17, 15) is 0 Å². The molecule has 0 spiro atoms. The number of hydrogen-bond donors (Lipinski definition) is 0. The Morgan fingerprint density at radius 2 is 1.32 bits per heavy atom. The average Bonchev–Trinajstić information content (AvgIpc) is 2.70. The molecule has 3 aromatic rings. The number of hydrogen-bond acceptors (Lipinski definition) is 1. The summed E-state index contributed by atoms with van der Waals surface area (Å²) in [4.78, 5) is 0. The fraction of sp³-hybridized carbons (Fsp3) is 0.208. The summed E-state index contributed by atoms with van der Waals surface area (Å²) in [5.41, 5.74) is 6.36. The van der Waals surface area contributed by atoms with E-state index in [1.165, 1.54) is 27.8 Å². The van der Waals surface area contributed by atoms with Crippen LogP contribution in [0.1, 0.15) is 29.2 Å². The van der Waals surface area contributed by atoms with Gasteiger partial charge < -0.3 is 4.74 Å². The second kappa shape index (κ2) is 8.64. The predicted molar refractivity (Wildman–Crippen MR) is 105 cm³/mol. The molecule has 25 heavy (non-hydrogen) atoms. The third-order valence-electron chi connectivity index (χ3n) is 4.68. The highest BCUT2D eigenvalue weighted by Crippen LogP contribution is 2.24. The first-order valence-electron chi connectivity index (χ1n) is 8.85. The molecule has 0 N–H and O–H groups in total. The highest BCUT2D eigenvalue weighted by atomic mass is 16.5. The van der Waals surface area contributed by atoms with Crippen LogP contribution in [-0.4, -0.2) is 7.11 Å². The van der Waals surface area contributed by atoms with E-state index in [0.717, 1.165) is 19.3 Å². The summed E-state index contributed by atoms with van der Waals surface area (Å²) < 4.78 is 5.67. The summed E-state index contributed by atoms with van der Waals surface area (Å²) in [7, 11) is 1.79. The summed E-state index contributed by atoms with van der Waals surface area (Å²) in [5.74, 6) is 0. The largest absolute Gasteiger partial charge is 0.377 e. The maximum atomic E-state index is 5.67. The lowest BCUT2D eigenvalue weighted by atomic mass is 9.98. The van der Waals surface area contributed by atoms with Gasteiger partial charge in [0.15, 0.2) is 0 Å². The maximum absolute atomic E-state index is 5.67. The minimum atomic E-state index is 0.149. The molecule has 0 aliphatic rings. The molecule has 0 fully saturated rings. The third-order valence-corrected chi connectivity index (χ3v) is 4.68. The van der Waals surface area contributed by atoms with Crippen LogP contribution >= 0.6 is 0 Å². The Bertz CT molecular complexity index is 757. The van der Waals surface area contributed by atoms with E-state index in [-0.39, 0.29) is 6.10 Å². The summed E-state index contributed by atoms with van der Waals surface area (Å²) in [6.45, 7) is 3.92. The average molecular weight is 329 g/mol. The fourth-order valence-electron chi connectivity index (χ4n) is 3.11. The van der Waals surface area contributed by atoms with Crippen LogP contribution < -0.4 is 0 Å². The molecule has 127 valence electrons. The van der Waals surface area contributed by atoms with E-state index >= 15 is 0 Å². The zero-order valence-corrected chi connectivity index (χ0v) is 14.8. The van der Waals surface area contributed by atoms with Crippen LogP contribution in [0.25, 0.3) is 11.1 Å². The molecule has 1 heteroatoms. The molecule has 0 amide bonds. The summed E-state index contributed by atoms with van der Waals surface area (Å²) >= 11 is 0. The normalized spacial score (nSPS) is 12.1. The second-order valence-corrected chi connectivity index (χ2v) is 6.32. The summed E-state index contributed by atoms with van der Waals surface area (Å²) in [5, 5.41) is 0. The Balaban J connectivity index is 1.64.